The van der Waals surface area contributed by atoms with Crippen molar-refractivity contribution in [3.05, 3.63) is 3.95 Å². The van der Waals surface area contributed by atoms with Crippen LogP contribution in [-0.2, 0) is 4.79 Å². The number of aliphatic hydroxyl groups is 1. The number of anilines is 1. The summed E-state index contributed by atoms with van der Waals surface area (Å²) >= 11 is 6.15. The Labute approximate surface area is 89.4 Å². The van der Waals surface area contributed by atoms with E-state index in [1.54, 1.807) is 4.90 Å². The van der Waals surface area contributed by atoms with Gasteiger partial charge in [-0.3, -0.25) is 14.8 Å². The highest BCUT2D eigenvalue weighted by Crippen LogP contribution is 2.25. The Kier molecular flexibility index (Phi) is 2.62. The second kappa shape index (κ2) is 3.76. The predicted octanol–water partition coefficient (Wildman–Crippen LogP) is 0.546. The van der Waals surface area contributed by atoms with Crippen LogP contribution in [0.3, 0.4) is 0 Å². The fourth-order valence-corrected chi connectivity index (χ4v) is 2.33. The maximum Gasteiger partial charge on any atom is 0.229 e. The minimum absolute atomic E-state index is 0.00167. The van der Waals surface area contributed by atoms with Crippen LogP contribution >= 0.6 is 23.6 Å². The molecule has 1 aliphatic heterocycles. The number of aromatic nitrogens is 2. The zero-order valence-corrected chi connectivity index (χ0v) is 8.90. The van der Waals surface area contributed by atoms with Crippen LogP contribution in [0.15, 0.2) is 0 Å². The molecular formula is C7H9N3O2S2. The second-order valence-corrected chi connectivity index (χ2v) is 4.80. The summed E-state index contributed by atoms with van der Waals surface area (Å²) in [6.45, 7) is 0.573. The summed E-state index contributed by atoms with van der Waals surface area (Å²) in [7, 11) is 0. The van der Waals surface area contributed by atoms with Crippen molar-refractivity contribution in [3.63, 3.8) is 0 Å². The number of hydrogen-bond acceptors (Lipinski definition) is 5. The molecule has 0 spiro atoms. The summed E-state index contributed by atoms with van der Waals surface area (Å²) in [4.78, 5) is 13.1. The van der Waals surface area contributed by atoms with Gasteiger partial charge in [0.15, 0.2) is 3.95 Å². The number of carbonyl (C=O) groups excluding carboxylic acids is 1. The normalized spacial score (nSPS) is 21.9. The molecule has 1 aromatic rings. The maximum atomic E-state index is 11.5. The Bertz CT molecular complexity index is 400. The van der Waals surface area contributed by atoms with Crippen LogP contribution in [0.25, 0.3) is 0 Å². The molecule has 2 heterocycles. The largest absolute Gasteiger partial charge is 0.396 e. The van der Waals surface area contributed by atoms with Gasteiger partial charge in [-0.15, -0.1) is 5.10 Å². The molecule has 1 amide bonds. The van der Waals surface area contributed by atoms with Crippen molar-refractivity contribution >= 4 is 34.6 Å². The third-order valence-corrected chi connectivity index (χ3v) is 3.23. The average Bonchev–Trinajstić information content (AvgIpc) is 2.71. The summed E-state index contributed by atoms with van der Waals surface area (Å²) in [5.74, 6) is 0.0294. The molecule has 1 saturated heterocycles. The van der Waals surface area contributed by atoms with Crippen LogP contribution in [0, 0.1) is 9.87 Å². The molecule has 76 valence electrons. The van der Waals surface area contributed by atoms with Crippen molar-refractivity contribution in [2.45, 2.75) is 6.42 Å². The van der Waals surface area contributed by atoms with Gasteiger partial charge in [0, 0.05) is 25.5 Å². The molecule has 1 atom stereocenters. The molecule has 2 N–H and O–H groups in total. The smallest absolute Gasteiger partial charge is 0.229 e. The lowest BCUT2D eigenvalue weighted by Gasteiger charge is -2.10. The number of amides is 1. The molecular weight excluding hydrogens is 222 g/mol. The van der Waals surface area contributed by atoms with E-state index < -0.39 is 0 Å². The Morgan fingerprint density at radius 1 is 1.79 bits per heavy atom. The van der Waals surface area contributed by atoms with E-state index >= 15 is 0 Å². The van der Waals surface area contributed by atoms with Gasteiger partial charge in [0.1, 0.15) is 0 Å². The van der Waals surface area contributed by atoms with Gasteiger partial charge in [-0.05, 0) is 12.2 Å². The predicted molar refractivity (Wildman–Crippen MR) is 54.8 cm³/mol. The molecule has 2 rings (SSSR count). The van der Waals surface area contributed by atoms with Gasteiger partial charge >= 0.3 is 0 Å². The fourth-order valence-electron chi connectivity index (χ4n) is 1.43. The first-order valence-corrected chi connectivity index (χ1v) is 5.40. The number of aromatic amines is 1. The Balaban J connectivity index is 2.20. The Hall–Kier alpha value is -0.790. The highest BCUT2D eigenvalue weighted by molar-refractivity contribution is 7.73. The highest BCUT2D eigenvalue weighted by atomic mass is 32.1. The number of aliphatic hydroxyl groups excluding tert-OH is 1. The highest BCUT2D eigenvalue weighted by Gasteiger charge is 2.31. The molecule has 0 radical (unpaired) electrons. The first kappa shape index (κ1) is 9.75. The molecule has 0 bridgehead atoms. The molecule has 1 aromatic heterocycles. The number of carbonyl (C=O) groups is 1. The molecule has 1 aliphatic rings. The molecule has 14 heavy (non-hydrogen) atoms. The molecule has 0 saturated carbocycles. The fraction of sp³-hybridized carbons (Fsp3) is 0.571. The van der Waals surface area contributed by atoms with E-state index in [0.717, 1.165) is 0 Å². The zero-order chi connectivity index (χ0) is 10.1. The monoisotopic (exact) mass is 231 g/mol. The number of hydrogen-bond donors (Lipinski definition) is 2. The first-order valence-electron chi connectivity index (χ1n) is 4.17. The van der Waals surface area contributed by atoms with Crippen LogP contribution in [0.4, 0.5) is 5.13 Å². The van der Waals surface area contributed by atoms with Gasteiger partial charge in [0.25, 0.3) is 0 Å². The molecule has 0 aromatic carbocycles. The van der Waals surface area contributed by atoms with Crippen LogP contribution in [-0.4, -0.2) is 34.4 Å². The van der Waals surface area contributed by atoms with Gasteiger partial charge in [-0.25, -0.2) is 0 Å². The minimum atomic E-state index is 0.00167. The molecule has 5 nitrogen and oxygen atoms in total. The molecule has 7 heteroatoms. The number of rotatable bonds is 2. The second-order valence-electron chi connectivity index (χ2n) is 3.15. The van der Waals surface area contributed by atoms with Crippen molar-refractivity contribution in [1.82, 2.24) is 10.2 Å². The molecule has 1 fully saturated rings. The van der Waals surface area contributed by atoms with E-state index in [9.17, 15) is 4.79 Å². The van der Waals surface area contributed by atoms with E-state index in [0.29, 0.717) is 22.1 Å². The van der Waals surface area contributed by atoms with Crippen LogP contribution in [0.5, 0.6) is 0 Å². The summed E-state index contributed by atoms with van der Waals surface area (Å²) in [5, 5.41) is 16.1. The van der Waals surface area contributed by atoms with Crippen molar-refractivity contribution in [1.29, 1.82) is 0 Å². The van der Waals surface area contributed by atoms with E-state index in [1.807, 2.05) is 0 Å². The maximum absolute atomic E-state index is 11.5. The van der Waals surface area contributed by atoms with Crippen molar-refractivity contribution in [2.75, 3.05) is 18.1 Å². The standard InChI is InChI=1S/C7H9N3O2S2/c11-3-4-1-5(12)10(2-4)6-8-9-7(13)14-6/h4,11H,1-3H2,(H,9,13). The van der Waals surface area contributed by atoms with Gasteiger partial charge in [-0.1, -0.05) is 11.3 Å². The third kappa shape index (κ3) is 1.70. The van der Waals surface area contributed by atoms with E-state index in [2.05, 4.69) is 10.2 Å². The summed E-state index contributed by atoms with van der Waals surface area (Å²) in [5.41, 5.74) is 0. The van der Waals surface area contributed by atoms with E-state index in [-0.39, 0.29) is 18.4 Å². The number of H-pyrrole nitrogens is 1. The number of nitrogens with zero attached hydrogens (tertiary/aromatic N) is 2. The van der Waals surface area contributed by atoms with E-state index in [1.165, 1.54) is 11.3 Å². The lowest BCUT2D eigenvalue weighted by atomic mass is 10.1. The molecule has 0 aliphatic carbocycles. The zero-order valence-electron chi connectivity index (χ0n) is 7.27. The van der Waals surface area contributed by atoms with Crippen LogP contribution < -0.4 is 4.90 Å². The van der Waals surface area contributed by atoms with Crippen molar-refractivity contribution in [2.24, 2.45) is 5.92 Å². The quantitative estimate of drug-likeness (QED) is 0.729. The average molecular weight is 231 g/mol. The lowest BCUT2D eigenvalue weighted by molar-refractivity contribution is -0.117. The minimum Gasteiger partial charge on any atom is -0.396 e. The number of nitrogens with one attached hydrogen (secondary N) is 1. The topological polar surface area (TPSA) is 69.2 Å². The summed E-state index contributed by atoms with van der Waals surface area (Å²) < 4.78 is 0.556. The summed E-state index contributed by atoms with van der Waals surface area (Å²) in [6, 6.07) is 0. The van der Waals surface area contributed by atoms with Gasteiger partial charge in [0.2, 0.25) is 11.0 Å². The lowest BCUT2D eigenvalue weighted by Crippen LogP contribution is -2.24. The van der Waals surface area contributed by atoms with Gasteiger partial charge in [0.05, 0.1) is 0 Å². The van der Waals surface area contributed by atoms with Crippen LogP contribution in [0.2, 0.25) is 0 Å². The summed E-state index contributed by atoms with van der Waals surface area (Å²) in [6.07, 6.45) is 0.392. The Morgan fingerprint density at radius 3 is 3.07 bits per heavy atom. The van der Waals surface area contributed by atoms with Crippen molar-refractivity contribution < 1.29 is 9.90 Å². The van der Waals surface area contributed by atoms with Crippen LogP contribution in [0.1, 0.15) is 6.42 Å². The van der Waals surface area contributed by atoms with E-state index in [4.69, 9.17) is 17.3 Å². The third-order valence-electron chi connectivity index (χ3n) is 2.12. The van der Waals surface area contributed by atoms with Crippen molar-refractivity contribution in [3.8, 4) is 0 Å². The van der Waals surface area contributed by atoms with Gasteiger partial charge < -0.3 is 5.11 Å². The molecule has 1 unspecified atom stereocenters. The Morgan fingerprint density at radius 2 is 2.57 bits per heavy atom. The van der Waals surface area contributed by atoms with Gasteiger partial charge in [-0.2, -0.15) is 0 Å². The SMILES string of the molecule is O=C1CC(CO)CN1c1n[nH]c(=S)s1. The first-order chi connectivity index (χ1) is 6.70.